The summed E-state index contributed by atoms with van der Waals surface area (Å²) in [7, 11) is -3.54. The highest BCUT2D eigenvalue weighted by atomic mass is 32.2. The Kier molecular flexibility index (Phi) is 5.28. The van der Waals surface area contributed by atoms with Crippen molar-refractivity contribution < 1.29 is 13.2 Å². The lowest BCUT2D eigenvalue weighted by Gasteiger charge is -2.30. The number of nitrogens with zero attached hydrogens (tertiary/aromatic N) is 4. The summed E-state index contributed by atoms with van der Waals surface area (Å²) in [5, 5.41) is 11.0. The van der Waals surface area contributed by atoms with Crippen molar-refractivity contribution in [2.75, 3.05) is 0 Å². The second-order valence-electron chi connectivity index (χ2n) is 9.02. The number of hydrogen-bond donors (Lipinski definition) is 1. The molecule has 2 heterocycles. The van der Waals surface area contributed by atoms with Crippen molar-refractivity contribution in [1.82, 2.24) is 19.3 Å². The maximum atomic E-state index is 12.6. The molecule has 0 radical (unpaired) electrons. The summed E-state index contributed by atoms with van der Waals surface area (Å²) < 4.78 is 36.0. The Hall–Kier alpha value is -3.74. The van der Waals surface area contributed by atoms with Crippen LogP contribution in [0.1, 0.15) is 43.7 Å². The summed E-state index contributed by atoms with van der Waals surface area (Å²) in [6.45, 7) is 0. The number of hydrogen-bond acceptors (Lipinski definition) is 6. The summed E-state index contributed by atoms with van der Waals surface area (Å²) in [6, 6.07) is 17.1. The number of sulfonamides is 1. The summed E-state index contributed by atoms with van der Waals surface area (Å²) >= 11 is 0. The van der Waals surface area contributed by atoms with Gasteiger partial charge in [0.2, 0.25) is 10.0 Å². The molecular formula is C26H23N5O3S. The summed E-state index contributed by atoms with van der Waals surface area (Å²) in [5.41, 5.74) is 3.09. The van der Waals surface area contributed by atoms with E-state index in [0.29, 0.717) is 11.3 Å². The van der Waals surface area contributed by atoms with Crippen LogP contribution in [0.3, 0.4) is 0 Å². The molecule has 2 aliphatic rings. The standard InChI is InChI=1S/C26H23N5O3S/c27-16-23-22-12-9-20(34-26-28-13-2-14-29-26)15-24(22)31(19-3-1-4-19)25(23)17-5-10-21(11-6-17)35(32,33)30-18-7-8-18/h2,5-6,9-15,18-19,30H,1,3-4,7-8H2. The van der Waals surface area contributed by atoms with Crippen molar-refractivity contribution in [2.45, 2.75) is 49.1 Å². The number of rotatable bonds is 7. The molecule has 2 aliphatic carbocycles. The van der Waals surface area contributed by atoms with E-state index in [2.05, 4.69) is 25.3 Å². The summed E-state index contributed by atoms with van der Waals surface area (Å²) in [6.07, 6.45) is 8.17. The van der Waals surface area contributed by atoms with Crippen LogP contribution in [0.5, 0.6) is 11.8 Å². The van der Waals surface area contributed by atoms with Gasteiger partial charge in [-0.3, -0.25) is 0 Å². The first-order valence-corrected chi connectivity index (χ1v) is 13.2. The minimum atomic E-state index is -3.54. The van der Waals surface area contributed by atoms with E-state index < -0.39 is 10.0 Å². The minimum absolute atomic E-state index is 0.0451. The number of nitriles is 1. The molecule has 2 aromatic carbocycles. The fraction of sp³-hybridized carbons (Fsp3) is 0.269. The van der Waals surface area contributed by atoms with Gasteiger partial charge >= 0.3 is 6.01 Å². The molecule has 0 unspecified atom stereocenters. The molecule has 2 saturated carbocycles. The Morgan fingerprint density at radius 3 is 2.40 bits per heavy atom. The SMILES string of the molecule is N#Cc1c(-c2ccc(S(=O)(=O)NC3CC3)cc2)n(C2CCC2)c2cc(Oc3ncccn3)ccc12. The lowest BCUT2D eigenvalue weighted by molar-refractivity contribution is 0.324. The number of aromatic nitrogens is 3. The fourth-order valence-corrected chi connectivity index (χ4v) is 5.80. The van der Waals surface area contributed by atoms with Crippen LogP contribution in [0, 0.1) is 11.3 Å². The predicted molar refractivity (Wildman–Crippen MR) is 130 cm³/mol. The molecule has 35 heavy (non-hydrogen) atoms. The molecule has 0 aliphatic heterocycles. The Balaban J connectivity index is 1.45. The van der Waals surface area contributed by atoms with Crippen LogP contribution in [0.25, 0.3) is 22.2 Å². The zero-order chi connectivity index (χ0) is 24.0. The molecule has 0 saturated heterocycles. The van der Waals surface area contributed by atoms with Crippen LogP contribution < -0.4 is 9.46 Å². The third-order valence-corrected chi connectivity index (χ3v) is 8.15. The van der Waals surface area contributed by atoms with Crippen LogP contribution in [-0.4, -0.2) is 29.0 Å². The molecule has 0 amide bonds. The van der Waals surface area contributed by atoms with Gasteiger partial charge in [0.1, 0.15) is 11.8 Å². The fourth-order valence-electron chi connectivity index (χ4n) is 4.50. The van der Waals surface area contributed by atoms with E-state index in [1.165, 1.54) is 0 Å². The smallest absolute Gasteiger partial charge is 0.321 e. The molecule has 0 bridgehead atoms. The van der Waals surface area contributed by atoms with Gasteiger partial charge < -0.3 is 9.30 Å². The Morgan fingerprint density at radius 1 is 1.03 bits per heavy atom. The highest BCUT2D eigenvalue weighted by Gasteiger charge is 2.30. The molecule has 2 aromatic heterocycles. The minimum Gasteiger partial charge on any atom is -0.424 e. The largest absolute Gasteiger partial charge is 0.424 e. The first-order valence-electron chi connectivity index (χ1n) is 11.7. The average molecular weight is 486 g/mol. The monoisotopic (exact) mass is 485 g/mol. The second kappa shape index (κ2) is 8.48. The maximum Gasteiger partial charge on any atom is 0.321 e. The number of nitrogens with one attached hydrogen (secondary N) is 1. The maximum absolute atomic E-state index is 12.6. The molecule has 0 spiro atoms. The molecule has 176 valence electrons. The van der Waals surface area contributed by atoms with Crippen molar-refractivity contribution in [2.24, 2.45) is 0 Å². The van der Waals surface area contributed by atoms with Gasteiger partial charge in [-0.25, -0.2) is 23.1 Å². The average Bonchev–Trinajstić information content (AvgIpc) is 3.58. The van der Waals surface area contributed by atoms with Crippen LogP contribution in [0.4, 0.5) is 0 Å². The first kappa shape index (κ1) is 21.8. The number of ether oxygens (including phenoxy) is 1. The van der Waals surface area contributed by atoms with Crippen molar-refractivity contribution >= 4 is 20.9 Å². The molecule has 8 nitrogen and oxygen atoms in total. The normalized spacial score (nSPS) is 16.1. The van der Waals surface area contributed by atoms with E-state index in [1.54, 1.807) is 42.7 Å². The van der Waals surface area contributed by atoms with Crippen LogP contribution in [0.15, 0.2) is 65.8 Å². The zero-order valence-corrected chi connectivity index (χ0v) is 19.7. The summed E-state index contributed by atoms with van der Waals surface area (Å²) in [4.78, 5) is 8.49. The predicted octanol–water partition coefficient (Wildman–Crippen LogP) is 4.93. The third kappa shape index (κ3) is 4.05. The van der Waals surface area contributed by atoms with E-state index in [-0.39, 0.29) is 23.0 Å². The van der Waals surface area contributed by atoms with Crippen LogP contribution in [0.2, 0.25) is 0 Å². The summed E-state index contributed by atoms with van der Waals surface area (Å²) in [5.74, 6) is 0.588. The highest BCUT2D eigenvalue weighted by Crippen LogP contribution is 2.43. The molecule has 4 aromatic rings. The molecular weight excluding hydrogens is 462 g/mol. The Bertz CT molecular complexity index is 1550. The lowest BCUT2D eigenvalue weighted by atomic mass is 9.92. The number of fused-ring (bicyclic) bond motifs is 1. The Morgan fingerprint density at radius 2 is 1.77 bits per heavy atom. The zero-order valence-electron chi connectivity index (χ0n) is 18.9. The molecule has 2 fully saturated rings. The first-order chi connectivity index (χ1) is 17.0. The molecule has 9 heteroatoms. The molecule has 6 rings (SSSR count). The topological polar surface area (TPSA) is 110 Å². The highest BCUT2D eigenvalue weighted by molar-refractivity contribution is 7.89. The van der Waals surface area contributed by atoms with Crippen LogP contribution >= 0.6 is 0 Å². The second-order valence-corrected chi connectivity index (χ2v) is 10.7. The van der Waals surface area contributed by atoms with Gasteiger partial charge in [-0.1, -0.05) is 12.1 Å². The van der Waals surface area contributed by atoms with E-state index in [4.69, 9.17) is 4.74 Å². The molecule has 0 atom stereocenters. The van der Waals surface area contributed by atoms with E-state index in [0.717, 1.165) is 54.3 Å². The lowest BCUT2D eigenvalue weighted by Crippen LogP contribution is -2.25. The van der Waals surface area contributed by atoms with Gasteiger partial charge in [-0.05, 0) is 68.0 Å². The van der Waals surface area contributed by atoms with Gasteiger partial charge in [-0.2, -0.15) is 5.26 Å². The quantitative estimate of drug-likeness (QED) is 0.398. The van der Waals surface area contributed by atoms with Gasteiger partial charge in [0.05, 0.1) is 21.7 Å². The van der Waals surface area contributed by atoms with Crippen molar-refractivity contribution in [3.05, 3.63) is 66.5 Å². The van der Waals surface area contributed by atoms with Crippen molar-refractivity contribution in [1.29, 1.82) is 5.26 Å². The van der Waals surface area contributed by atoms with E-state index in [1.807, 2.05) is 18.2 Å². The van der Waals surface area contributed by atoms with Gasteiger partial charge in [0.25, 0.3) is 0 Å². The van der Waals surface area contributed by atoms with Gasteiger partial charge in [0, 0.05) is 35.9 Å². The van der Waals surface area contributed by atoms with E-state index >= 15 is 0 Å². The Labute approximate surface area is 203 Å². The van der Waals surface area contributed by atoms with E-state index in [9.17, 15) is 13.7 Å². The van der Waals surface area contributed by atoms with Crippen molar-refractivity contribution in [3.8, 4) is 29.1 Å². The van der Waals surface area contributed by atoms with Gasteiger partial charge in [-0.15, -0.1) is 0 Å². The van der Waals surface area contributed by atoms with Gasteiger partial charge in [0.15, 0.2) is 0 Å². The van der Waals surface area contributed by atoms with Crippen molar-refractivity contribution in [3.63, 3.8) is 0 Å². The molecule has 1 N–H and O–H groups in total. The third-order valence-electron chi connectivity index (χ3n) is 6.62. The number of benzene rings is 2. The van der Waals surface area contributed by atoms with Crippen LogP contribution in [-0.2, 0) is 10.0 Å².